The second-order valence-electron chi connectivity index (χ2n) is 8.12. The van der Waals surface area contributed by atoms with E-state index in [-0.39, 0.29) is 18.1 Å². The molecule has 196 valence electrons. The molecule has 1 N–H and O–H groups in total. The van der Waals surface area contributed by atoms with Gasteiger partial charge in [-0.2, -0.15) is 8.78 Å². The van der Waals surface area contributed by atoms with Crippen molar-refractivity contribution in [2.45, 2.75) is 80.3 Å². The number of rotatable bonds is 9. The van der Waals surface area contributed by atoms with Gasteiger partial charge in [-0.05, 0) is 43.9 Å². The summed E-state index contributed by atoms with van der Waals surface area (Å²) in [4.78, 5) is 2.30. The predicted octanol–water partition coefficient (Wildman–Crippen LogP) is 7.83. The number of hydrogen-bond acceptors (Lipinski definition) is 3. The van der Waals surface area contributed by atoms with Crippen LogP contribution in [0.4, 0.5) is 17.6 Å². The number of nitrogens with one attached hydrogen (secondary N) is 1. The molecule has 0 spiro atoms. The lowest BCUT2D eigenvalue weighted by molar-refractivity contribution is -0.158. The minimum Gasteiger partial charge on any atom is -0.433 e. The average molecular weight is 489 g/mol. The smallest absolute Gasteiger partial charge is 0.394 e. The molecule has 0 amide bonds. The van der Waals surface area contributed by atoms with E-state index in [1.165, 1.54) is 12.1 Å². The maximum Gasteiger partial charge on any atom is 0.394 e. The van der Waals surface area contributed by atoms with E-state index in [9.17, 15) is 17.6 Å². The highest BCUT2D eigenvalue weighted by atomic mass is 19.3. The van der Waals surface area contributed by atoms with Crippen LogP contribution in [0.25, 0.3) is 0 Å². The Bertz CT molecular complexity index is 706. The van der Waals surface area contributed by atoms with E-state index < -0.39 is 12.5 Å². The van der Waals surface area contributed by atoms with Crippen LogP contribution in [0.5, 0.6) is 5.75 Å². The minimum absolute atomic E-state index is 0.109. The number of hydrogen-bond donors (Lipinski definition) is 1. The minimum atomic E-state index is -3.10. The Morgan fingerprint density at radius 3 is 2.12 bits per heavy atom. The normalized spacial score (nSPS) is 15.7. The van der Waals surface area contributed by atoms with E-state index in [0.717, 1.165) is 55.9 Å². The molecule has 0 aliphatic carbocycles. The van der Waals surface area contributed by atoms with Crippen LogP contribution < -0.4 is 10.1 Å². The second kappa shape index (κ2) is 17.4. The highest BCUT2D eigenvalue weighted by Crippen LogP contribution is 2.25. The van der Waals surface area contributed by atoms with Crippen molar-refractivity contribution in [1.29, 1.82) is 0 Å². The maximum absolute atomic E-state index is 12.8. The Morgan fingerprint density at radius 2 is 1.68 bits per heavy atom. The summed E-state index contributed by atoms with van der Waals surface area (Å²) in [7, 11) is 0. The molecule has 0 aromatic heterocycles. The average Bonchev–Trinajstić information content (AvgIpc) is 2.80. The summed E-state index contributed by atoms with van der Waals surface area (Å²) in [6, 6.07) is 6.49. The Morgan fingerprint density at radius 1 is 1.12 bits per heavy atom. The highest BCUT2D eigenvalue weighted by Gasteiger charge is 2.22. The monoisotopic (exact) mass is 488 g/mol. The summed E-state index contributed by atoms with van der Waals surface area (Å²) in [6.45, 7) is 16.6. The van der Waals surface area contributed by atoms with Crippen molar-refractivity contribution in [3.63, 3.8) is 0 Å². The summed E-state index contributed by atoms with van der Waals surface area (Å²) in [5.74, 6) is 0.403. The third kappa shape index (κ3) is 14.3. The van der Waals surface area contributed by atoms with Crippen LogP contribution in [0.2, 0.25) is 0 Å². The maximum atomic E-state index is 12.8. The molecule has 2 rings (SSSR count). The quantitative estimate of drug-likeness (QED) is 0.283. The third-order valence-corrected chi connectivity index (χ3v) is 5.18. The Balaban J connectivity index is 0.000000662. The number of aryl methyl sites for hydroxylation is 1. The third-order valence-electron chi connectivity index (χ3n) is 5.18. The van der Waals surface area contributed by atoms with Crippen molar-refractivity contribution >= 4 is 0 Å². The largest absolute Gasteiger partial charge is 0.433 e. The van der Waals surface area contributed by atoms with Gasteiger partial charge in [-0.15, -0.1) is 0 Å². The number of allylic oxidation sites excluding steroid dienone is 3. The number of halogens is 4. The molecule has 1 saturated heterocycles. The summed E-state index contributed by atoms with van der Waals surface area (Å²) in [6.07, 6.45) is 0.518. The molecule has 7 heteroatoms. The van der Waals surface area contributed by atoms with Gasteiger partial charge in [-0.25, -0.2) is 8.78 Å². The van der Waals surface area contributed by atoms with E-state index >= 15 is 0 Å². The first-order chi connectivity index (χ1) is 16.1. The van der Waals surface area contributed by atoms with Gasteiger partial charge in [0.2, 0.25) is 6.43 Å². The molecule has 1 aliphatic heterocycles. The lowest BCUT2D eigenvalue weighted by Gasteiger charge is -2.31. The molecule has 0 bridgehead atoms. The zero-order valence-corrected chi connectivity index (χ0v) is 21.9. The standard InChI is InChI=1S/C16H28F2N2.C9H10F2O.C2H6/c1-4-6-15(20-9-7-19-8-10-20)11-14(12-16(17)18)13(3)5-2;1-7-3-5-8(6-4-7)12-9(2,10)11;1-2/h6,11,13,16,19H,4-5,7-10,12H2,1-3H3;3-6H,1-2H3;1-2H3/b14-11-,15-6+;;. The topological polar surface area (TPSA) is 24.5 Å². The van der Waals surface area contributed by atoms with E-state index in [1.54, 1.807) is 12.1 Å². The number of benzene rings is 1. The van der Waals surface area contributed by atoms with Crippen molar-refractivity contribution in [3.8, 4) is 5.75 Å². The molecule has 1 aromatic carbocycles. The van der Waals surface area contributed by atoms with E-state index in [2.05, 4.69) is 34.9 Å². The van der Waals surface area contributed by atoms with Crippen molar-refractivity contribution in [2.24, 2.45) is 5.92 Å². The first kappa shape index (κ1) is 32.0. The number of alkyl halides is 4. The number of piperazine rings is 1. The lowest BCUT2D eigenvalue weighted by atomic mass is 9.94. The Kier molecular flexibility index (Phi) is 16.4. The molecule has 34 heavy (non-hydrogen) atoms. The van der Waals surface area contributed by atoms with Crippen molar-refractivity contribution in [1.82, 2.24) is 10.2 Å². The van der Waals surface area contributed by atoms with Gasteiger partial charge in [0.05, 0.1) is 0 Å². The second-order valence-corrected chi connectivity index (χ2v) is 8.12. The van der Waals surface area contributed by atoms with Gasteiger partial charge in [-0.1, -0.05) is 64.0 Å². The van der Waals surface area contributed by atoms with Crippen molar-refractivity contribution < 1.29 is 22.3 Å². The van der Waals surface area contributed by atoms with Crippen LogP contribution in [0.15, 0.2) is 47.7 Å². The first-order valence-corrected chi connectivity index (χ1v) is 12.3. The van der Waals surface area contributed by atoms with E-state index in [4.69, 9.17) is 0 Å². The highest BCUT2D eigenvalue weighted by molar-refractivity contribution is 5.26. The molecule has 1 heterocycles. The molecule has 0 radical (unpaired) electrons. The van der Waals surface area contributed by atoms with Crippen LogP contribution in [-0.2, 0) is 0 Å². The fourth-order valence-corrected chi connectivity index (χ4v) is 3.26. The predicted molar refractivity (Wildman–Crippen MR) is 135 cm³/mol. The van der Waals surface area contributed by atoms with Crippen LogP contribution in [0, 0.1) is 12.8 Å². The summed E-state index contributed by atoms with van der Waals surface area (Å²) < 4.78 is 54.4. The van der Waals surface area contributed by atoms with Crippen molar-refractivity contribution in [2.75, 3.05) is 26.2 Å². The van der Waals surface area contributed by atoms with Gasteiger partial charge < -0.3 is 15.0 Å². The molecule has 1 unspecified atom stereocenters. The fraction of sp³-hybridized carbons (Fsp3) is 0.630. The van der Waals surface area contributed by atoms with Gasteiger partial charge in [0.1, 0.15) is 5.75 Å². The first-order valence-electron chi connectivity index (χ1n) is 12.3. The summed E-state index contributed by atoms with van der Waals surface area (Å²) >= 11 is 0. The zero-order valence-electron chi connectivity index (χ0n) is 21.9. The molecular formula is C27H44F4N2O. The summed E-state index contributed by atoms with van der Waals surface area (Å²) in [5, 5.41) is 3.32. The molecule has 1 fully saturated rings. The fourth-order valence-electron chi connectivity index (χ4n) is 3.26. The molecule has 1 aliphatic rings. The van der Waals surface area contributed by atoms with Gasteiger partial charge in [0, 0.05) is 45.2 Å². The Hall–Kier alpha value is -2.02. The molecular weight excluding hydrogens is 444 g/mol. The zero-order chi connectivity index (χ0) is 26.1. The van der Waals surface area contributed by atoms with E-state index in [1.807, 2.05) is 33.8 Å². The van der Waals surface area contributed by atoms with Gasteiger partial charge in [0.25, 0.3) is 0 Å². The van der Waals surface area contributed by atoms with Gasteiger partial charge in [-0.3, -0.25) is 0 Å². The van der Waals surface area contributed by atoms with Gasteiger partial charge in [0.15, 0.2) is 0 Å². The Labute approximate surface area is 204 Å². The molecule has 1 atom stereocenters. The van der Waals surface area contributed by atoms with Crippen molar-refractivity contribution in [3.05, 3.63) is 53.3 Å². The van der Waals surface area contributed by atoms with Crippen LogP contribution in [-0.4, -0.2) is 43.6 Å². The van der Waals surface area contributed by atoms with Crippen LogP contribution in [0.3, 0.4) is 0 Å². The van der Waals surface area contributed by atoms with Crippen LogP contribution >= 0.6 is 0 Å². The number of nitrogens with zero attached hydrogens (tertiary/aromatic N) is 1. The van der Waals surface area contributed by atoms with E-state index in [0.29, 0.717) is 6.92 Å². The SMILES string of the molecule is CC.CC/C=C(\C=C(\CC(F)F)C(C)CC)N1CCNCC1.Cc1ccc(OC(C)(F)F)cc1. The molecule has 3 nitrogen and oxygen atoms in total. The molecule has 1 aromatic rings. The lowest BCUT2D eigenvalue weighted by Crippen LogP contribution is -2.42. The molecule has 0 saturated carbocycles. The number of ether oxygens (including phenoxy) is 1. The van der Waals surface area contributed by atoms with Gasteiger partial charge >= 0.3 is 6.11 Å². The summed E-state index contributed by atoms with van der Waals surface area (Å²) in [5.41, 5.74) is 3.01. The van der Waals surface area contributed by atoms with Crippen LogP contribution in [0.1, 0.15) is 66.4 Å².